The van der Waals surface area contributed by atoms with E-state index in [1.165, 1.54) is 19.3 Å². The van der Waals surface area contributed by atoms with Crippen molar-refractivity contribution in [2.75, 3.05) is 38.0 Å². The molecule has 2 aliphatic heterocycles. The Morgan fingerprint density at radius 3 is 2.47 bits per heavy atom. The van der Waals surface area contributed by atoms with Gasteiger partial charge >= 0.3 is 0 Å². The maximum atomic E-state index is 12.8. The molecular weight excluding hydrogens is 452 g/mol. The standard InChI is InChI=1S/C24H32N6O3S/c1-17-7-5-6-13-29(17)16-12-25-20(31)18-10-14-30(15-11-18)24(33)23-28-27-22(34-23)21(32)26-19-8-3-2-4-9-19/h2-4,8-9,17-18H,5-7,10-16H2,1H3,(H,25,31)(H,26,32). The van der Waals surface area contributed by atoms with Gasteiger partial charge in [0.15, 0.2) is 0 Å². The van der Waals surface area contributed by atoms with Crippen LogP contribution in [0.15, 0.2) is 30.3 Å². The van der Waals surface area contributed by atoms with E-state index in [2.05, 4.69) is 32.7 Å². The molecule has 2 aromatic rings. The van der Waals surface area contributed by atoms with Crippen molar-refractivity contribution < 1.29 is 14.4 Å². The Balaban J connectivity index is 1.21. The molecule has 2 fully saturated rings. The predicted molar refractivity (Wildman–Crippen MR) is 131 cm³/mol. The van der Waals surface area contributed by atoms with E-state index in [1.54, 1.807) is 17.0 Å². The zero-order valence-corrected chi connectivity index (χ0v) is 20.4. The van der Waals surface area contributed by atoms with Crippen molar-refractivity contribution >= 4 is 34.7 Å². The number of likely N-dealkylation sites (tertiary alicyclic amines) is 2. The van der Waals surface area contributed by atoms with Gasteiger partial charge in [0.2, 0.25) is 15.9 Å². The predicted octanol–water partition coefficient (Wildman–Crippen LogP) is 2.63. The lowest BCUT2D eigenvalue weighted by molar-refractivity contribution is -0.126. The van der Waals surface area contributed by atoms with Crippen molar-refractivity contribution in [3.8, 4) is 0 Å². The number of piperidine rings is 2. The van der Waals surface area contributed by atoms with Gasteiger partial charge in [0.1, 0.15) is 0 Å². The zero-order valence-electron chi connectivity index (χ0n) is 19.5. The number of amides is 3. The van der Waals surface area contributed by atoms with Crippen LogP contribution in [0.25, 0.3) is 0 Å². The summed E-state index contributed by atoms with van der Waals surface area (Å²) in [6.45, 7) is 5.90. The van der Waals surface area contributed by atoms with Crippen molar-refractivity contribution in [3.05, 3.63) is 40.3 Å². The molecular formula is C24H32N6O3S. The molecule has 4 rings (SSSR count). The number of benzene rings is 1. The highest BCUT2D eigenvalue weighted by Gasteiger charge is 2.30. The molecule has 1 aromatic carbocycles. The van der Waals surface area contributed by atoms with E-state index in [-0.39, 0.29) is 27.7 Å². The number of aromatic nitrogens is 2. The number of carbonyl (C=O) groups excluding carboxylic acids is 3. The van der Waals surface area contributed by atoms with Crippen LogP contribution in [0.2, 0.25) is 0 Å². The Morgan fingerprint density at radius 1 is 1.00 bits per heavy atom. The molecule has 34 heavy (non-hydrogen) atoms. The van der Waals surface area contributed by atoms with Gasteiger partial charge in [-0.05, 0) is 51.3 Å². The summed E-state index contributed by atoms with van der Waals surface area (Å²) in [5.74, 6) is -0.636. The first kappa shape index (κ1) is 24.3. The molecule has 10 heteroatoms. The van der Waals surface area contributed by atoms with Crippen LogP contribution in [0.5, 0.6) is 0 Å². The lowest BCUT2D eigenvalue weighted by Crippen LogP contribution is -2.46. The Morgan fingerprint density at radius 2 is 1.74 bits per heavy atom. The molecule has 1 atom stereocenters. The molecule has 0 radical (unpaired) electrons. The summed E-state index contributed by atoms with van der Waals surface area (Å²) >= 11 is 0.984. The molecule has 0 saturated carbocycles. The van der Waals surface area contributed by atoms with E-state index in [1.807, 2.05) is 18.2 Å². The highest BCUT2D eigenvalue weighted by Crippen LogP contribution is 2.21. The van der Waals surface area contributed by atoms with Crippen LogP contribution < -0.4 is 10.6 Å². The van der Waals surface area contributed by atoms with Crippen LogP contribution in [0.3, 0.4) is 0 Å². The Hall–Kier alpha value is -2.85. The third kappa shape index (κ3) is 6.18. The fourth-order valence-corrected chi connectivity index (χ4v) is 5.25. The van der Waals surface area contributed by atoms with Crippen molar-refractivity contribution in [1.82, 2.24) is 25.3 Å². The van der Waals surface area contributed by atoms with Crippen LogP contribution in [0.1, 0.15) is 58.6 Å². The minimum absolute atomic E-state index is 0.0764. The fourth-order valence-electron chi connectivity index (χ4n) is 4.54. The van der Waals surface area contributed by atoms with Gasteiger partial charge in [-0.3, -0.25) is 19.3 Å². The number of hydrogen-bond acceptors (Lipinski definition) is 7. The van der Waals surface area contributed by atoms with E-state index < -0.39 is 5.91 Å². The Kier molecular flexibility index (Phi) is 8.23. The SMILES string of the molecule is CC1CCCCN1CCNC(=O)C1CCN(C(=O)c2nnc(C(=O)Nc3ccccc3)s2)CC1. The van der Waals surface area contributed by atoms with Gasteiger partial charge in [-0.2, -0.15) is 0 Å². The number of nitrogens with one attached hydrogen (secondary N) is 2. The molecule has 2 saturated heterocycles. The zero-order chi connectivity index (χ0) is 23.9. The molecule has 3 amide bonds. The van der Waals surface area contributed by atoms with Gasteiger partial charge in [0.05, 0.1) is 0 Å². The highest BCUT2D eigenvalue weighted by molar-refractivity contribution is 7.15. The average molecular weight is 485 g/mol. The monoisotopic (exact) mass is 484 g/mol. The van der Waals surface area contributed by atoms with Gasteiger partial charge < -0.3 is 15.5 Å². The lowest BCUT2D eigenvalue weighted by atomic mass is 9.96. The molecule has 2 N–H and O–H groups in total. The van der Waals surface area contributed by atoms with Crippen LogP contribution in [-0.2, 0) is 4.79 Å². The summed E-state index contributed by atoms with van der Waals surface area (Å²) in [5, 5.41) is 14.0. The van der Waals surface area contributed by atoms with Crippen molar-refractivity contribution in [1.29, 1.82) is 0 Å². The third-order valence-electron chi connectivity index (χ3n) is 6.63. The van der Waals surface area contributed by atoms with E-state index in [0.717, 1.165) is 24.4 Å². The van der Waals surface area contributed by atoms with Gasteiger partial charge in [0.25, 0.3) is 11.8 Å². The number of anilines is 1. The van der Waals surface area contributed by atoms with E-state index in [4.69, 9.17) is 0 Å². The second kappa shape index (κ2) is 11.5. The molecule has 1 unspecified atom stereocenters. The van der Waals surface area contributed by atoms with E-state index in [9.17, 15) is 14.4 Å². The molecule has 0 bridgehead atoms. The summed E-state index contributed by atoms with van der Waals surface area (Å²) in [6, 6.07) is 9.65. The minimum Gasteiger partial charge on any atom is -0.355 e. The van der Waals surface area contributed by atoms with Crippen molar-refractivity contribution in [2.24, 2.45) is 5.92 Å². The summed E-state index contributed by atoms with van der Waals surface area (Å²) < 4.78 is 0. The van der Waals surface area contributed by atoms with Gasteiger partial charge in [-0.1, -0.05) is 36.0 Å². The summed E-state index contributed by atoms with van der Waals surface area (Å²) in [7, 11) is 0. The summed E-state index contributed by atoms with van der Waals surface area (Å²) in [5.41, 5.74) is 0.654. The molecule has 1 aromatic heterocycles. The lowest BCUT2D eigenvalue weighted by Gasteiger charge is -2.34. The van der Waals surface area contributed by atoms with Crippen LogP contribution >= 0.6 is 11.3 Å². The van der Waals surface area contributed by atoms with E-state index >= 15 is 0 Å². The van der Waals surface area contributed by atoms with Crippen LogP contribution in [0.4, 0.5) is 5.69 Å². The largest absolute Gasteiger partial charge is 0.355 e. The van der Waals surface area contributed by atoms with Crippen LogP contribution in [0, 0.1) is 5.92 Å². The minimum atomic E-state index is -0.392. The summed E-state index contributed by atoms with van der Waals surface area (Å²) in [6.07, 6.45) is 5.00. The fraction of sp³-hybridized carbons (Fsp3) is 0.542. The number of carbonyl (C=O) groups is 3. The second-order valence-corrected chi connectivity index (χ2v) is 9.95. The quantitative estimate of drug-likeness (QED) is 0.626. The molecule has 9 nitrogen and oxygen atoms in total. The van der Waals surface area contributed by atoms with Gasteiger partial charge in [-0.25, -0.2) is 0 Å². The average Bonchev–Trinajstić information content (AvgIpc) is 3.36. The molecule has 0 aliphatic carbocycles. The van der Waals surface area contributed by atoms with Gasteiger partial charge in [-0.15, -0.1) is 10.2 Å². The number of hydrogen-bond donors (Lipinski definition) is 2. The number of rotatable bonds is 7. The first-order chi connectivity index (χ1) is 16.5. The maximum absolute atomic E-state index is 12.8. The molecule has 3 heterocycles. The first-order valence-corrected chi connectivity index (χ1v) is 12.8. The van der Waals surface area contributed by atoms with E-state index in [0.29, 0.717) is 44.2 Å². The molecule has 0 spiro atoms. The number of nitrogens with zero attached hydrogens (tertiary/aromatic N) is 4. The third-order valence-corrected chi connectivity index (χ3v) is 7.54. The van der Waals surface area contributed by atoms with Crippen LogP contribution in [-0.4, -0.2) is 76.5 Å². The second-order valence-electron chi connectivity index (χ2n) is 8.97. The Labute approximate surface area is 203 Å². The smallest absolute Gasteiger partial charge is 0.286 e. The summed E-state index contributed by atoms with van der Waals surface area (Å²) in [4.78, 5) is 42.0. The topological polar surface area (TPSA) is 108 Å². The number of para-hydroxylation sites is 1. The maximum Gasteiger partial charge on any atom is 0.286 e. The molecule has 182 valence electrons. The highest BCUT2D eigenvalue weighted by atomic mass is 32.1. The Bertz CT molecular complexity index is 990. The van der Waals surface area contributed by atoms with Crippen molar-refractivity contribution in [3.63, 3.8) is 0 Å². The first-order valence-electron chi connectivity index (χ1n) is 12.0. The normalized spacial score (nSPS) is 19.6. The molecule has 2 aliphatic rings. The van der Waals surface area contributed by atoms with Crippen molar-refractivity contribution in [2.45, 2.75) is 45.1 Å². The van der Waals surface area contributed by atoms with Gasteiger partial charge in [0, 0.05) is 43.8 Å².